The Bertz CT molecular complexity index is 1180. The molecular weight excluding hydrogens is 412 g/mol. The zero-order valence-corrected chi connectivity index (χ0v) is 17.1. The van der Waals surface area contributed by atoms with Gasteiger partial charge in [-0.1, -0.05) is 11.6 Å². The molecule has 0 bridgehead atoms. The van der Waals surface area contributed by atoms with Crippen LogP contribution in [0.5, 0.6) is 5.75 Å². The minimum absolute atomic E-state index is 0.233. The molecule has 0 spiro atoms. The molecule has 0 amide bonds. The summed E-state index contributed by atoms with van der Waals surface area (Å²) < 4.78 is 21.1. The summed E-state index contributed by atoms with van der Waals surface area (Å²) in [5.74, 6) is -1.85. The number of fused-ring (bicyclic) bond motifs is 1. The molecule has 1 aromatic heterocycles. The van der Waals surface area contributed by atoms with Gasteiger partial charge < -0.3 is 23.9 Å². The molecule has 8 nitrogen and oxygen atoms in total. The van der Waals surface area contributed by atoms with Crippen molar-refractivity contribution in [3.05, 3.63) is 53.2 Å². The van der Waals surface area contributed by atoms with Gasteiger partial charge in [-0.3, -0.25) is 0 Å². The molecule has 3 aromatic rings. The zero-order chi connectivity index (χ0) is 21.5. The first kappa shape index (κ1) is 19.8. The van der Waals surface area contributed by atoms with Gasteiger partial charge >= 0.3 is 11.9 Å². The van der Waals surface area contributed by atoms with E-state index in [1.54, 1.807) is 36.4 Å². The second-order valence-corrected chi connectivity index (χ2v) is 7.34. The molecule has 30 heavy (non-hydrogen) atoms. The lowest BCUT2D eigenvalue weighted by atomic mass is 10.2. The summed E-state index contributed by atoms with van der Waals surface area (Å²) in [5, 5.41) is 3.33. The lowest BCUT2D eigenvalue weighted by molar-refractivity contribution is -0.222. The van der Waals surface area contributed by atoms with Crippen molar-refractivity contribution in [2.24, 2.45) is 0 Å². The Balaban J connectivity index is 1.58. The normalized spacial score (nSPS) is 15.5. The van der Waals surface area contributed by atoms with Crippen LogP contribution in [0.2, 0.25) is 5.02 Å². The van der Waals surface area contributed by atoms with Crippen LogP contribution in [0.15, 0.2) is 52.6 Å². The Hall–Kier alpha value is -3.52. The maximum atomic E-state index is 12.0. The molecule has 2 aromatic carbocycles. The van der Waals surface area contributed by atoms with Crippen LogP contribution in [-0.2, 0) is 19.1 Å². The second kappa shape index (κ2) is 7.38. The molecule has 1 aliphatic heterocycles. The number of nitrogens with one attached hydrogen (secondary N) is 1. The van der Waals surface area contributed by atoms with Gasteiger partial charge in [0.1, 0.15) is 11.3 Å². The van der Waals surface area contributed by atoms with Gasteiger partial charge in [0.05, 0.1) is 12.1 Å². The summed E-state index contributed by atoms with van der Waals surface area (Å²) in [6.45, 7) is 2.97. The van der Waals surface area contributed by atoms with Crippen LogP contribution in [0, 0.1) is 0 Å². The molecule has 1 fully saturated rings. The van der Waals surface area contributed by atoms with Crippen molar-refractivity contribution in [3.8, 4) is 17.2 Å². The van der Waals surface area contributed by atoms with E-state index in [9.17, 15) is 9.59 Å². The quantitative estimate of drug-likeness (QED) is 0.373. The molecule has 2 heterocycles. The average Bonchev–Trinajstić information content (AvgIpc) is 3.09. The number of halogens is 1. The maximum absolute atomic E-state index is 12.0. The fourth-order valence-corrected chi connectivity index (χ4v) is 3.13. The van der Waals surface area contributed by atoms with Gasteiger partial charge in [0, 0.05) is 31.3 Å². The number of hydrogen-bond acceptors (Lipinski definition) is 8. The van der Waals surface area contributed by atoms with Crippen molar-refractivity contribution in [2.75, 3.05) is 12.4 Å². The number of esters is 2. The number of aromatic nitrogens is 1. The van der Waals surface area contributed by atoms with E-state index in [1.165, 1.54) is 27.2 Å². The number of anilines is 1. The summed E-state index contributed by atoms with van der Waals surface area (Å²) in [5.41, 5.74) is 2.20. The molecule has 154 valence electrons. The molecule has 0 aliphatic carbocycles. The Kier molecular flexibility index (Phi) is 4.87. The molecular formula is C21H17ClN2O6. The van der Waals surface area contributed by atoms with Crippen molar-refractivity contribution >= 4 is 40.3 Å². The summed E-state index contributed by atoms with van der Waals surface area (Å²) >= 11 is 6.17. The van der Waals surface area contributed by atoms with Crippen molar-refractivity contribution in [2.45, 2.75) is 19.6 Å². The molecule has 0 unspecified atom stereocenters. The van der Waals surface area contributed by atoms with Crippen LogP contribution in [0.4, 0.5) is 5.69 Å². The number of methoxy groups -OCH3 is 1. The first-order chi connectivity index (χ1) is 14.3. The van der Waals surface area contributed by atoms with Gasteiger partial charge in [0.25, 0.3) is 5.79 Å². The Morgan fingerprint density at radius 1 is 1.10 bits per heavy atom. The topological polar surface area (TPSA) is 99.9 Å². The van der Waals surface area contributed by atoms with Crippen molar-refractivity contribution < 1.29 is 28.2 Å². The van der Waals surface area contributed by atoms with E-state index in [1.807, 2.05) is 0 Å². The summed E-state index contributed by atoms with van der Waals surface area (Å²) in [6, 6.07) is 10.4. The van der Waals surface area contributed by atoms with Crippen molar-refractivity contribution in [1.29, 1.82) is 0 Å². The molecule has 1 aliphatic rings. The number of nitrogens with zero attached hydrogens (tertiary/aromatic N) is 1. The predicted octanol–water partition coefficient (Wildman–Crippen LogP) is 4.29. The minimum atomic E-state index is -1.29. The van der Waals surface area contributed by atoms with E-state index in [4.69, 9.17) is 30.2 Å². The fourth-order valence-electron chi connectivity index (χ4n) is 2.87. The summed E-state index contributed by atoms with van der Waals surface area (Å²) in [7, 11) is 1.54. The van der Waals surface area contributed by atoms with Crippen molar-refractivity contribution in [1.82, 2.24) is 4.98 Å². The monoisotopic (exact) mass is 428 g/mol. The number of ether oxygens (including phenoxy) is 3. The van der Waals surface area contributed by atoms with Crippen LogP contribution in [0.1, 0.15) is 13.8 Å². The van der Waals surface area contributed by atoms with Crippen LogP contribution >= 0.6 is 11.6 Å². The first-order valence-electron chi connectivity index (χ1n) is 8.93. The third kappa shape index (κ3) is 3.81. The number of cyclic esters (lactones) is 2. The predicted molar refractivity (Wildman–Crippen MR) is 109 cm³/mol. The molecule has 1 N–H and O–H groups in total. The van der Waals surface area contributed by atoms with Gasteiger partial charge in [0.2, 0.25) is 5.89 Å². The van der Waals surface area contributed by atoms with Crippen LogP contribution in [-0.4, -0.2) is 29.8 Å². The first-order valence-corrected chi connectivity index (χ1v) is 9.31. The second-order valence-electron chi connectivity index (χ2n) is 6.93. The summed E-state index contributed by atoms with van der Waals surface area (Å²) in [4.78, 5) is 28.5. The highest BCUT2D eigenvalue weighted by molar-refractivity contribution is 6.32. The zero-order valence-electron chi connectivity index (χ0n) is 16.3. The van der Waals surface area contributed by atoms with Crippen LogP contribution < -0.4 is 10.1 Å². The highest BCUT2D eigenvalue weighted by atomic mass is 35.5. The molecule has 9 heteroatoms. The standard InChI is InChI=1S/C21H17ClN2O6/c1-21(2)29-19(25)13(20(26)30-21)10-23-12-5-7-17-15(9-12)24-18(28-17)11-4-6-16(27-3)14(22)8-11/h4-10,23H,1-3H3. The molecule has 4 rings (SSSR count). The highest BCUT2D eigenvalue weighted by Crippen LogP contribution is 2.32. The van der Waals surface area contributed by atoms with E-state index in [0.717, 1.165) is 0 Å². The molecule has 0 radical (unpaired) electrons. The van der Waals surface area contributed by atoms with Gasteiger partial charge in [0.15, 0.2) is 11.2 Å². The van der Waals surface area contributed by atoms with E-state index < -0.39 is 17.7 Å². The largest absolute Gasteiger partial charge is 0.495 e. The van der Waals surface area contributed by atoms with E-state index in [2.05, 4.69) is 10.3 Å². The Labute approximate surface area is 176 Å². The number of carbonyl (C=O) groups is 2. The van der Waals surface area contributed by atoms with E-state index in [0.29, 0.717) is 39.0 Å². The third-order valence-corrected chi connectivity index (χ3v) is 4.58. The number of benzene rings is 2. The van der Waals surface area contributed by atoms with E-state index in [-0.39, 0.29) is 5.57 Å². The molecule has 0 atom stereocenters. The highest BCUT2D eigenvalue weighted by Gasteiger charge is 2.38. The van der Waals surface area contributed by atoms with Crippen LogP contribution in [0.25, 0.3) is 22.6 Å². The maximum Gasteiger partial charge on any atom is 0.350 e. The Morgan fingerprint density at radius 2 is 1.83 bits per heavy atom. The summed E-state index contributed by atoms with van der Waals surface area (Å²) in [6.07, 6.45) is 1.24. The SMILES string of the molecule is COc1ccc(-c2nc3cc(NC=C4C(=O)OC(C)(C)OC4=O)ccc3o2)cc1Cl. The van der Waals surface area contributed by atoms with Gasteiger partial charge in [-0.2, -0.15) is 0 Å². The average molecular weight is 429 g/mol. The van der Waals surface area contributed by atoms with Crippen molar-refractivity contribution in [3.63, 3.8) is 0 Å². The Morgan fingerprint density at radius 3 is 2.50 bits per heavy atom. The van der Waals surface area contributed by atoms with Crippen LogP contribution in [0.3, 0.4) is 0 Å². The number of hydrogen-bond donors (Lipinski definition) is 1. The van der Waals surface area contributed by atoms with Gasteiger partial charge in [-0.15, -0.1) is 0 Å². The molecule has 0 saturated carbocycles. The minimum Gasteiger partial charge on any atom is -0.495 e. The molecule has 1 saturated heterocycles. The fraction of sp³-hybridized carbons (Fsp3) is 0.190. The lowest BCUT2D eigenvalue weighted by Crippen LogP contribution is -2.42. The number of carbonyl (C=O) groups excluding carboxylic acids is 2. The van der Waals surface area contributed by atoms with Gasteiger partial charge in [-0.25, -0.2) is 14.6 Å². The third-order valence-electron chi connectivity index (χ3n) is 4.29. The van der Waals surface area contributed by atoms with Gasteiger partial charge in [-0.05, 0) is 36.4 Å². The smallest absolute Gasteiger partial charge is 0.350 e. The lowest BCUT2D eigenvalue weighted by Gasteiger charge is -2.29. The van der Waals surface area contributed by atoms with E-state index >= 15 is 0 Å². The number of oxazole rings is 1. The number of rotatable bonds is 4.